The fourth-order valence-corrected chi connectivity index (χ4v) is 3.15. The molecule has 0 radical (unpaired) electrons. The van der Waals surface area contributed by atoms with Crippen LogP contribution in [0.15, 0.2) is 36.4 Å². The van der Waals surface area contributed by atoms with Gasteiger partial charge in [-0.1, -0.05) is 41.4 Å². The van der Waals surface area contributed by atoms with Crippen LogP contribution in [0.4, 0.5) is 0 Å². The Morgan fingerprint density at radius 2 is 1.83 bits per heavy atom. The molecule has 2 aromatic carbocycles. The minimum Gasteiger partial charge on any atom is -0.483 e. The van der Waals surface area contributed by atoms with E-state index in [0.29, 0.717) is 22.3 Å². The van der Waals surface area contributed by atoms with Gasteiger partial charge >= 0.3 is 0 Å². The van der Waals surface area contributed by atoms with Crippen molar-refractivity contribution in [2.24, 2.45) is 0 Å². The van der Waals surface area contributed by atoms with E-state index in [1.165, 1.54) is 4.90 Å². The summed E-state index contributed by atoms with van der Waals surface area (Å²) in [5.41, 5.74) is 2.76. The van der Waals surface area contributed by atoms with E-state index in [2.05, 4.69) is 5.32 Å². The first-order chi connectivity index (χ1) is 13.7. The number of halogens is 2. The zero-order chi connectivity index (χ0) is 21.6. The van der Waals surface area contributed by atoms with Gasteiger partial charge in [0.25, 0.3) is 5.91 Å². The molecule has 7 heteroatoms. The number of carbonyl (C=O) groups is 2. The van der Waals surface area contributed by atoms with Crippen LogP contribution in [0.3, 0.4) is 0 Å². The average molecular weight is 437 g/mol. The van der Waals surface area contributed by atoms with Crippen molar-refractivity contribution in [2.75, 3.05) is 13.2 Å². The lowest BCUT2D eigenvalue weighted by atomic mass is 10.1. The molecular weight excluding hydrogens is 411 g/mol. The van der Waals surface area contributed by atoms with Gasteiger partial charge < -0.3 is 15.0 Å². The van der Waals surface area contributed by atoms with Crippen molar-refractivity contribution in [3.05, 3.63) is 63.1 Å². The monoisotopic (exact) mass is 436 g/mol. The number of benzene rings is 2. The minimum atomic E-state index is -0.667. The quantitative estimate of drug-likeness (QED) is 0.660. The summed E-state index contributed by atoms with van der Waals surface area (Å²) in [6.07, 6.45) is 0. The molecule has 0 bridgehead atoms. The van der Waals surface area contributed by atoms with Crippen LogP contribution in [0.1, 0.15) is 30.5 Å². The third-order valence-corrected chi connectivity index (χ3v) is 5.29. The molecule has 0 saturated carbocycles. The molecule has 156 valence electrons. The summed E-state index contributed by atoms with van der Waals surface area (Å²) in [5.74, 6) is 0.127. The molecule has 2 aromatic rings. The zero-order valence-corrected chi connectivity index (χ0v) is 18.6. The molecule has 0 aliphatic carbocycles. The van der Waals surface area contributed by atoms with Crippen LogP contribution in [0.25, 0.3) is 0 Å². The highest BCUT2D eigenvalue weighted by atomic mass is 35.5. The van der Waals surface area contributed by atoms with Gasteiger partial charge in [0, 0.05) is 13.1 Å². The van der Waals surface area contributed by atoms with Gasteiger partial charge in [0.2, 0.25) is 5.91 Å². The number of amides is 2. The largest absolute Gasteiger partial charge is 0.483 e. The molecule has 0 aliphatic rings. The third-order valence-electron chi connectivity index (χ3n) is 4.55. The number of nitrogens with zero attached hydrogens (tertiary/aromatic N) is 1. The highest BCUT2D eigenvalue weighted by Gasteiger charge is 2.26. The average Bonchev–Trinajstić information content (AvgIpc) is 2.68. The summed E-state index contributed by atoms with van der Waals surface area (Å²) >= 11 is 12.1. The molecule has 0 heterocycles. The van der Waals surface area contributed by atoms with Crippen LogP contribution in [-0.2, 0) is 16.1 Å². The van der Waals surface area contributed by atoms with Gasteiger partial charge in [0.05, 0.1) is 10.0 Å². The Hall–Kier alpha value is -2.24. The van der Waals surface area contributed by atoms with E-state index in [1.54, 1.807) is 25.1 Å². The maximum atomic E-state index is 13.0. The van der Waals surface area contributed by atoms with Gasteiger partial charge in [-0.2, -0.15) is 0 Å². The predicted octanol–water partition coefficient (Wildman–Crippen LogP) is 4.54. The summed E-state index contributed by atoms with van der Waals surface area (Å²) < 4.78 is 5.76. The first-order valence-corrected chi connectivity index (χ1v) is 10.2. The third kappa shape index (κ3) is 6.38. The molecule has 2 amide bonds. The SMILES string of the molecule is CCNC(=O)[C@H](C)N(Cc1ccc(Cl)c(Cl)c1)C(=O)COc1cc(C)ccc1C. The van der Waals surface area contributed by atoms with Gasteiger partial charge in [-0.25, -0.2) is 0 Å². The first-order valence-electron chi connectivity index (χ1n) is 9.44. The number of ether oxygens (including phenoxy) is 1. The Labute approximate surface area is 181 Å². The number of rotatable bonds is 8. The van der Waals surface area contributed by atoms with Crippen LogP contribution in [0.5, 0.6) is 5.75 Å². The van der Waals surface area contributed by atoms with Crippen LogP contribution in [-0.4, -0.2) is 35.9 Å². The second kappa shape index (κ2) is 10.5. The minimum absolute atomic E-state index is 0.171. The van der Waals surface area contributed by atoms with Crippen molar-refractivity contribution in [3.8, 4) is 5.75 Å². The molecule has 0 unspecified atom stereocenters. The van der Waals surface area contributed by atoms with Crippen molar-refractivity contribution in [1.29, 1.82) is 0 Å². The van der Waals surface area contributed by atoms with Crippen molar-refractivity contribution < 1.29 is 14.3 Å². The fraction of sp³-hybridized carbons (Fsp3) is 0.364. The lowest BCUT2D eigenvalue weighted by molar-refractivity contribution is -0.142. The highest BCUT2D eigenvalue weighted by Crippen LogP contribution is 2.24. The fourth-order valence-electron chi connectivity index (χ4n) is 2.82. The lowest BCUT2D eigenvalue weighted by Gasteiger charge is -2.29. The van der Waals surface area contributed by atoms with Crippen LogP contribution in [0.2, 0.25) is 10.0 Å². The Bertz CT molecular complexity index is 886. The van der Waals surface area contributed by atoms with E-state index < -0.39 is 6.04 Å². The van der Waals surface area contributed by atoms with E-state index >= 15 is 0 Å². The van der Waals surface area contributed by atoms with Crippen molar-refractivity contribution >= 4 is 35.0 Å². The number of carbonyl (C=O) groups excluding carboxylic acids is 2. The predicted molar refractivity (Wildman–Crippen MR) is 117 cm³/mol. The Kier molecular flexibility index (Phi) is 8.35. The molecule has 0 spiro atoms. The Morgan fingerprint density at radius 1 is 1.10 bits per heavy atom. The summed E-state index contributed by atoms with van der Waals surface area (Å²) in [5, 5.41) is 3.59. The van der Waals surface area contributed by atoms with Crippen LogP contribution in [0, 0.1) is 13.8 Å². The molecule has 29 heavy (non-hydrogen) atoms. The van der Waals surface area contributed by atoms with Crippen LogP contribution < -0.4 is 10.1 Å². The maximum absolute atomic E-state index is 13.0. The molecule has 0 saturated heterocycles. The van der Waals surface area contributed by atoms with Crippen molar-refractivity contribution in [1.82, 2.24) is 10.2 Å². The Balaban J connectivity index is 2.20. The van der Waals surface area contributed by atoms with Gasteiger partial charge in [-0.3, -0.25) is 9.59 Å². The van der Waals surface area contributed by atoms with E-state index in [1.807, 2.05) is 39.0 Å². The topological polar surface area (TPSA) is 58.6 Å². The summed E-state index contributed by atoms with van der Waals surface area (Å²) in [6.45, 7) is 7.93. The van der Waals surface area contributed by atoms with Gasteiger partial charge in [0.1, 0.15) is 11.8 Å². The second-order valence-corrected chi connectivity index (χ2v) is 7.71. The van der Waals surface area contributed by atoms with Crippen molar-refractivity contribution in [2.45, 2.75) is 40.3 Å². The molecule has 1 atom stereocenters. The number of nitrogens with one attached hydrogen (secondary N) is 1. The lowest BCUT2D eigenvalue weighted by Crippen LogP contribution is -2.49. The summed E-state index contributed by atoms with van der Waals surface area (Å²) in [4.78, 5) is 26.8. The van der Waals surface area contributed by atoms with E-state index in [9.17, 15) is 9.59 Å². The number of hydrogen-bond acceptors (Lipinski definition) is 3. The van der Waals surface area contributed by atoms with E-state index in [0.717, 1.165) is 16.7 Å². The highest BCUT2D eigenvalue weighted by molar-refractivity contribution is 6.42. The second-order valence-electron chi connectivity index (χ2n) is 6.90. The first kappa shape index (κ1) is 23.0. The molecule has 1 N–H and O–H groups in total. The molecule has 0 aliphatic heterocycles. The molecule has 5 nitrogen and oxygen atoms in total. The van der Waals surface area contributed by atoms with E-state index in [-0.39, 0.29) is 25.0 Å². The molecule has 0 fully saturated rings. The van der Waals surface area contributed by atoms with E-state index in [4.69, 9.17) is 27.9 Å². The van der Waals surface area contributed by atoms with Gasteiger partial charge in [-0.05, 0) is 62.6 Å². The molecular formula is C22H26Cl2N2O3. The normalized spacial score (nSPS) is 11.7. The summed E-state index contributed by atoms with van der Waals surface area (Å²) in [7, 11) is 0. The number of aryl methyl sites for hydroxylation is 2. The Morgan fingerprint density at radius 3 is 2.48 bits per heavy atom. The standard InChI is InChI=1S/C22H26Cl2N2O3/c1-5-25-22(28)16(4)26(12-17-8-9-18(23)19(24)11-17)21(27)13-29-20-10-14(2)6-7-15(20)3/h6-11,16H,5,12-13H2,1-4H3,(H,25,28)/t16-/m0/s1. The van der Waals surface area contributed by atoms with Crippen LogP contribution >= 0.6 is 23.2 Å². The van der Waals surface area contributed by atoms with Gasteiger partial charge in [0.15, 0.2) is 6.61 Å². The number of hydrogen-bond donors (Lipinski definition) is 1. The zero-order valence-electron chi connectivity index (χ0n) is 17.1. The summed E-state index contributed by atoms with van der Waals surface area (Å²) in [6, 6.07) is 10.3. The number of likely N-dealkylation sites (N-methyl/N-ethyl adjacent to an activating group) is 1. The van der Waals surface area contributed by atoms with Gasteiger partial charge in [-0.15, -0.1) is 0 Å². The molecule has 0 aromatic heterocycles. The smallest absolute Gasteiger partial charge is 0.261 e. The maximum Gasteiger partial charge on any atom is 0.261 e. The van der Waals surface area contributed by atoms with Crippen molar-refractivity contribution in [3.63, 3.8) is 0 Å². The molecule has 2 rings (SSSR count).